The van der Waals surface area contributed by atoms with Gasteiger partial charge in [-0.1, -0.05) is 230 Å². The van der Waals surface area contributed by atoms with Crippen molar-refractivity contribution in [3.05, 3.63) is 131 Å². The summed E-state index contributed by atoms with van der Waals surface area (Å²) >= 11 is 0. The lowest BCUT2D eigenvalue weighted by Crippen LogP contribution is -2.10. The Morgan fingerprint density at radius 2 is 0.691 bits per heavy atom. The molecule has 9 rings (SSSR count). The van der Waals surface area contributed by atoms with E-state index in [2.05, 4.69) is 165 Å². The molecule has 0 amide bonds. The second kappa shape index (κ2) is 20.7. The molecule has 0 saturated heterocycles. The van der Waals surface area contributed by atoms with Gasteiger partial charge in [0.05, 0.1) is 0 Å². The highest BCUT2D eigenvalue weighted by molar-refractivity contribution is 6.24. The van der Waals surface area contributed by atoms with Gasteiger partial charge < -0.3 is 8.83 Å². The van der Waals surface area contributed by atoms with Crippen molar-refractivity contribution >= 4 is 65.4 Å². The predicted molar refractivity (Wildman–Crippen MR) is 297 cm³/mol. The van der Waals surface area contributed by atoms with E-state index in [4.69, 9.17) is 8.83 Å². The van der Waals surface area contributed by atoms with Gasteiger partial charge in [0.25, 0.3) is 0 Å². The Kier molecular flexibility index (Phi) is 14.5. The zero-order chi connectivity index (χ0) is 47.4. The largest absolute Gasteiger partial charge is 0.455 e. The van der Waals surface area contributed by atoms with Crippen LogP contribution in [-0.4, -0.2) is 0 Å². The molecule has 0 saturated carbocycles. The smallest absolute Gasteiger partial charge is 0.143 e. The van der Waals surface area contributed by atoms with E-state index in [1.54, 1.807) is 0 Å². The van der Waals surface area contributed by atoms with Gasteiger partial charge in [0.15, 0.2) is 0 Å². The topological polar surface area (TPSA) is 26.3 Å². The normalized spacial score (nSPS) is 12.6. The molecule has 0 radical (unpaired) electrons. The molecule has 0 aliphatic heterocycles. The molecule has 0 atom stereocenters. The van der Waals surface area contributed by atoms with Crippen molar-refractivity contribution in [1.82, 2.24) is 0 Å². The minimum Gasteiger partial charge on any atom is -0.455 e. The van der Waals surface area contributed by atoms with Crippen molar-refractivity contribution in [2.75, 3.05) is 0 Å². The lowest BCUT2D eigenvalue weighted by atomic mass is 9.85. The van der Waals surface area contributed by atoms with Gasteiger partial charge in [0.2, 0.25) is 0 Å². The molecule has 0 aliphatic carbocycles. The fourth-order valence-electron chi connectivity index (χ4n) is 10.9. The Balaban J connectivity index is 1.13. The lowest BCUT2D eigenvalue weighted by Gasteiger charge is -2.19. The van der Waals surface area contributed by atoms with Crippen LogP contribution < -0.4 is 0 Å². The first kappa shape index (κ1) is 47.7. The third-order valence-electron chi connectivity index (χ3n) is 15.1. The summed E-state index contributed by atoms with van der Waals surface area (Å²) in [5.74, 6) is 0. The minimum atomic E-state index is 0.0717. The SMILES string of the molecule is CCCCCCCCCCc1ccc2cc3c(oc4cc5c(cc43)oc3c(-c4ccc(C(C)(C)C)cc4)c4cc(CCCCCCCCCC)ccc4cc35)c(-c3ccc(C(C)(C)C)cc3)c2c1. The van der Waals surface area contributed by atoms with Crippen LogP contribution in [0.15, 0.2) is 118 Å². The first-order valence-corrected chi connectivity index (χ1v) is 26.9. The van der Waals surface area contributed by atoms with Crippen LogP contribution in [0.3, 0.4) is 0 Å². The van der Waals surface area contributed by atoms with Crippen LogP contribution in [0.25, 0.3) is 87.7 Å². The number of rotatable bonds is 20. The standard InChI is InChI=1S/C66H78O2/c1-9-11-13-15-17-19-21-23-25-45-27-29-49-41-57-55-43-60-56(44-59(55)67-63(57)61(53(49)39-45)47-31-35-51(36-32-47)65(3,4)5)58-42-50-30-28-46(26-24-22-20-18-16-14-12-10-2)40-54(50)62(64(58)68-60)48-33-37-52(38-34-48)66(6,7)8/h27-44H,9-26H2,1-8H3. The molecule has 0 fully saturated rings. The van der Waals surface area contributed by atoms with E-state index in [0.717, 1.165) is 56.7 Å². The summed E-state index contributed by atoms with van der Waals surface area (Å²) in [7, 11) is 0. The van der Waals surface area contributed by atoms with Crippen molar-refractivity contribution < 1.29 is 8.83 Å². The van der Waals surface area contributed by atoms with E-state index in [1.165, 1.54) is 169 Å². The van der Waals surface area contributed by atoms with Gasteiger partial charge in [-0.25, -0.2) is 0 Å². The van der Waals surface area contributed by atoms with Crippen molar-refractivity contribution in [3.8, 4) is 22.3 Å². The van der Waals surface area contributed by atoms with Crippen LogP contribution in [0.4, 0.5) is 0 Å². The summed E-state index contributed by atoms with van der Waals surface area (Å²) in [4.78, 5) is 0. The Morgan fingerprint density at radius 3 is 1.04 bits per heavy atom. The molecule has 0 unspecified atom stereocenters. The van der Waals surface area contributed by atoms with Crippen LogP contribution in [0, 0.1) is 0 Å². The maximum Gasteiger partial charge on any atom is 0.143 e. The van der Waals surface area contributed by atoms with E-state index in [0.29, 0.717) is 0 Å². The number of hydrogen-bond acceptors (Lipinski definition) is 2. The third-order valence-corrected chi connectivity index (χ3v) is 15.1. The van der Waals surface area contributed by atoms with Gasteiger partial charge in [-0.15, -0.1) is 0 Å². The molecule has 9 aromatic rings. The van der Waals surface area contributed by atoms with Gasteiger partial charge in [-0.3, -0.25) is 0 Å². The van der Waals surface area contributed by atoms with Crippen molar-refractivity contribution in [1.29, 1.82) is 0 Å². The summed E-state index contributed by atoms with van der Waals surface area (Å²) < 4.78 is 14.3. The molecule has 0 bridgehead atoms. The van der Waals surface area contributed by atoms with Crippen molar-refractivity contribution in [2.24, 2.45) is 0 Å². The molecule has 0 spiro atoms. The fraction of sp³-hybridized carbons (Fsp3) is 0.424. The predicted octanol–water partition coefficient (Wildman–Crippen LogP) is 21.1. The Labute approximate surface area is 407 Å². The first-order valence-electron chi connectivity index (χ1n) is 26.9. The average molecular weight is 903 g/mol. The monoisotopic (exact) mass is 903 g/mol. The zero-order valence-electron chi connectivity index (χ0n) is 42.9. The number of unbranched alkanes of at least 4 members (excludes halogenated alkanes) is 14. The molecule has 2 nitrogen and oxygen atoms in total. The maximum absolute atomic E-state index is 7.16. The summed E-state index contributed by atoms with van der Waals surface area (Å²) in [6.45, 7) is 18.3. The van der Waals surface area contributed by atoms with E-state index < -0.39 is 0 Å². The quantitative estimate of drug-likeness (QED) is 0.0713. The first-order chi connectivity index (χ1) is 32.9. The average Bonchev–Trinajstić information content (AvgIpc) is 3.86. The number of benzene rings is 7. The summed E-state index contributed by atoms with van der Waals surface area (Å²) in [5.41, 5.74) is 14.1. The second-order valence-corrected chi connectivity index (χ2v) is 22.5. The Morgan fingerprint density at radius 1 is 0.338 bits per heavy atom. The molecular weight excluding hydrogens is 825 g/mol. The Hall–Kier alpha value is -5.34. The highest BCUT2D eigenvalue weighted by atomic mass is 16.3. The fourth-order valence-corrected chi connectivity index (χ4v) is 10.9. The molecular formula is C66H78O2. The van der Waals surface area contributed by atoms with Crippen LogP contribution >= 0.6 is 0 Å². The second-order valence-electron chi connectivity index (χ2n) is 22.5. The maximum atomic E-state index is 7.16. The molecule has 354 valence electrons. The third kappa shape index (κ3) is 10.3. The highest BCUT2D eigenvalue weighted by Crippen LogP contribution is 2.47. The van der Waals surface area contributed by atoms with E-state index in [1.807, 2.05) is 0 Å². The van der Waals surface area contributed by atoms with Crippen molar-refractivity contribution in [3.63, 3.8) is 0 Å². The van der Waals surface area contributed by atoms with Crippen LogP contribution in [0.2, 0.25) is 0 Å². The molecule has 68 heavy (non-hydrogen) atoms. The number of hydrogen-bond donors (Lipinski definition) is 0. The number of furan rings is 2. The minimum absolute atomic E-state index is 0.0717. The van der Waals surface area contributed by atoms with Gasteiger partial charge in [-0.2, -0.15) is 0 Å². The Bertz CT molecular complexity index is 2920. The van der Waals surface area contributed by atoms with E-state index in [9.17, 15) is 0 Å². The molecule has 7 aromatic carbocycles. The highest BCUT2D eigenvalue weighted by Gasteiger charge is 2.23. The van der Waals surface area contributed by atoms with E-state index in [-0.39, 0.29) is 10.8 Å². The van der Waals surface area contributed by atoms with Gasteiger partial charge in [0.1, 0.15) is 22.3 Å². The van der Waals surface area contributed by atoms with Gasteiger partial charge in [-0.05, 0) is 116 Å². The van der Waals surface area contributed by atoms with Gasteiger partial charge in [0, 0.05) is 32.7 Å². The molecule has 2 heteroatoms. The number of aryl methyl sites for hydroxylation is 2. The van der Waals surface area contributed by atoms with Crippen LogP contribution in [0.5, 0.6) is 0 Å². The zero-order valence-corrected chi connectivity index (χ0v) is 42.9. The van der Waals surface area contributed by atoms with Crippen LogP contribution in [0.1, 0.15) is 180 Å². The van der Waals surface area contributed by atoms with E-state index >= 15 is 0 Å². The molecule has 0 aliphatic rings. The summed E-state index contributed by atoms with van der Waals surface area (Å²) in [6.07, 6.45) is 23.5. The van der Waals surface area contributed by atoms with Crippen LogP contribution in [-0.2, 0) is 23.7 Å². The molecule has 2 heterocycles. The van der Waals surface area contributed by atoms with Gasteiger partial charge >= 0.3 is 0 Å². The summed E-state index contributed by atoms with van der Waals surface area (Å²) in [6, 6.07) is 42.1. The lowest BCUT2D eigenvalue weighted by molar-refractivity contribution is 0.575. The van der Waals surface area contributed by atoms with Crippen molar-refractivity contribution in [2.45, 2.75) is 182 Å². The number of fused-ring (bicyclic) bond motifs is 8. The molecule has 2 aromatic heterocycles. The molecule has 0 N–H and O–H groups in total. The summed E-state index contributed by atoms with van der Waals surface area (Å²) in [5, 5.41) is 9.48.